The number of methoxy groups -OCH3 is 2. The molecule has 5 heteroatoms. The van der Waals surface area contributed by atoms with Crippen LogP contribution in [0.2, 0.25) is 0 Å². The largest absolute Gasteiger partial charge is 0.497 e. The van der Waals surface area contributed by atoms with Gasteiger partial charge in [-0.3, -0.25) is 4.79 Å². The van der Waals surface area contributed by atoms with Crippen LogP contribution in [0.1, 0.15) is 10.5 Å². The number of aromatic amines is 1. The molecule has 1 aromatic heterocycles. The number of hydrogen-bond donors (Lipinski definition) is 2. The van der Waals surface area contributed by atoms with Gasteiger partial charge in [-0.25, -0.2) is 0 Å². The maximum Gasteiger partial charge on any atom is 0.272 e. The highest BCUT2D eigenvalue weighted by atomic mass is 16.5. The van der Waals surface area contributed by atoms with E-state index in [1.165, 1.54) is 0 Å². The fourth-order valence-corrected chi connectivity index (χ4v) is 2.33. The lowest BCUT2D eigenvalue weighted by Crippen LogP contribution is -2.12. The minimum Gasteiger partial charge on any atom is -0.497 e. The second-order valence-electron chi connectivity index (χ2n) is 4.79. The molecule has 0 saturated carbocycles. The molecule has 3 aromatic rings. The van der Waals surface area contributed by atoms with Gasteiger partial charge in [-0.1, -0.05) is 12.1 Å². The van der Waals surface area contributed by atoms with Gasteiger partial charge in [0.05, 0.1) is 14.2 Å². The van der Waals surface area contributed by atoms with E-state index >= 15 is 0 Å². The Hall–Kier alpha value is -2.95. The lowest BCUT2D eigenvalue weighted by Gasteiger charge is -2.05. The fourth-order valence-electron chi connectivity index (χ4n) is 2.33. The molecule has 0 spiro atoms. The van der Waals surface area contributed by atoms with Gasteiger partial charge in [0.25, 0.3) is 5.91 Å². The number of H-pyrrole nitrogens is 1. The maximum absolute atomic E-state index is 12.4. The third-order valence-electron chi connectivity index (χ3n) is 3.42. The van der Waals surface area contributed by atoms with Gasteiger partial charge in [-0.15, -0.1) is 0 Å². The predicted molar refractivity (Wildman–Crippen MR) is 85.8 cm³/mol. The summed E-state index contributed by atoms with van der Waals surface area (Å²) < 4.78 is 10.4. The molecule has 2 N–H and O–H groups in total. The van der Waals surface area contributed by atoms with Gasteiger partial charge in [0.1, 0.15) is 17.2 Å². The van der Waals surface area contributed by atoms with Gasteiger partial charge in [-0.2, -0.15) is 0 Å². The van der Waals surface area contributed by atoms with Crippen molar-refractivity contribution in [2.24, 2.45) is 0 Å². The summed E-state index contributed by atoms with van der Waals surface area (Å²) in [6.07, 6.45) is 0. The summed E-state index contributed by atoms with van der Waals surface area (Å²) in [6, 6.07) is 14.6. The summed E-state index contributed by atoms with van der Waals surface area (Å²) in [4.78, 5) is 15.5. The van der Waals surface area contributed by atoms with E-state index < -0.39 is 0 Å². The first-order chi connectivity index (χ1) is 10.7. The Kier molecular flexibility index (Phi) is 3.70. The molecule has 0 unspecified atom stereocenters. The molecule has 2 aromatic carbocycles. The summed E-state index contributed by atoms with van der Waals surface area (Å²) in [5.74, 6) is 1.21. The number of fused-ring (bicyclic) bond motifs is 1. The summed E-state index contributed by atoms with van der Waals surface area (Å²) in [6.45, 7) is 0. The van der Waals surface area contributed by atoms with Gasteiger partial charge in [0.15, 0.2) is 0 Å². The van der Waals surface area contributed by atoms with Crippen molar-refractivity contribution in [1.82, 2.24) is 4.98 Å². The van der Waals surface area contributed by atoms with Gasteiger partial charge in [0.2, 0.25) is 0 Å². The van der Waals surface area contributed by atoms with Crippen LogP contribution < -0.4 is 14.8 Å². The molecule has 0 aliphatic heterocycles. The topological polar surface area (TPSA) is 63.4 Å². The molecule has 5 nitrogen and oxygen atoms in total. The SMILES string of the molecule is COc1cccc(NC(=O)c2cc3c(OC)cccc3[nH]2)c1. The smallest absolute Gasteiger partial charge is 0.272 e. The number of benzene rings is 2. The Morgan fingerprint density at radius 2 is 1.86 bits per heavy atom. The number of carbonyl (C=O) groups excluding carboxylic acids is 1. The van der Waals surface area contributed by atoms with Crippen LogP contribution in [0.15, 0.2) is 48.5 Å². The standard InChI is InChI=1S/C17H16N2O3/c1-21-12-6-3-5-11(9-12)18-17(20)15-10-13-14(19-15)7-4-8-16(13)22-2/h3-10,19H,1-2H3,(H,18,20). The van der Waals surface area contributed by atoms with Crippen LogP contribution in [0, 0.1) is 0 Å². The summed E-state index contributed by atoms with van der Waals surface area (Å²) >= 11 is 0. The number of nitrogens with one attached hydrogen (secondary N) is 2. The van der Waals surface area contributed by atoms with Gasteiger partial charge in [0, 0.05) is 22.7 Å². The van der Waals surface area contributed by atoms with E-state index in [2.05, 4.69) is 10.3 Å². The molecule has 112 valence electrons. The van der Waals surface area contributed by atoms with Gasteiger partial charge in [-0.05, 0) is 30.3 Å². The average Bonchev–Trinajstić information content (AvgIpc) is 2.99. The number of aromatic nitrogens is 1. The Labute approximate surface area is 127 Å². The molecule has 0 aliphatic carbocycles. The predicted octanol–water partition coefficient (Wildman–Crippen LogP) is 3.44. The van der Waals surface area contributed by atoms with Gasteiger partial charge >= 0.3 is 0 Å². The summed E-state index contributed by atoms with van der Waals surface area (Å²) in [7, 11) is 3.20. The molecule has 0 bridgehead atoms. The first kappa shape index (κ1) is 14.0. The molecular weight excluding hydrogens is 280 g/mol. The zero-order valence-electron chi connectivity index (χ0n) is 12.3. The number of anilines is 1. The van der Waals surface area contributed by atoms with E-state index in [-0.39, 0.29) is 5.91 Å². The number of hydrogen-bond acceptors (Lipinski definition) is 3. The summed E-state index contributed by atoms with van der Waals surface area (Å²) in [5, 5.41) is 3.72. The van der Waals surface area contributed by atoms with E-state index in [0.29, 0.717) is 17.1 Å². The van der Waals surface area contributed by atoms with E-state index in [0.717, 1.165) is 16.7 Å². The first-order valence-corrected chi connectivity index (χ1v) is 6.82. The Bertz CT molecular complexity index is 824. The number of amides is 1. The quantitative estimate of drug-likeness (QED) is 0.775. The van der Waals surface area contributed by atoms with E-state index in [1.807, 2.05) is 36.4 Å². The monoisotopic (exact) mass is 296 g/mol. The van der Waals surface area contributed by atoms with Crippen LogP contribution >= 0.6 is 0 Å². The van der Waals surface area contributed by atoms with Crippen molar-refractivity contribution in [2.45, 2.75) is 0 Å². The second kappa shape index (κ2) is 5.81. The third-order valence-corrected chi connectivity index (χ3v) is 3.42. The Morgan fingerprint density at radius 3 is 2.64 bits per heavy atom. The van der Waals surface area contributed by atoms with E-state index in [4.69, 9.17) is 9.47 Å². The molecule has 0 aliphatic rings. The second-order valence-corrected chi connectivity index (χ2v) is 4.79. The van der Waals surface area contributed by atoms with E-state index in [1.54, 1.807) is 26.4 Å². The number of rotatable bonds is 4. The normalized spacial score (nSPS) is 10.5. The highest BCUT2D eigenvalue weighted by Gasteiger charge is 2.12. The molecule has 1 amide bonds. The van der Waals surface area contributed by atoms with Crippen molar-refractivity contribution in [3.63, 3.8) is 0 Å². The van der Waals surface area contributed by atoms with Crippen molar-refractivity contribution in [2.75, 3.05) is 19.5 Å². The molecule has 3 rings (SSSR count). The molecule has 0 radical (unpaired) electrons. The van der Waals surface area contributed by atoms with Gasteiger partial charge < -0.3 is 19.8 Å². The molecule has 0 atom stereocenters. The fraction of sp³-hybridized carbons (Fsp3) is 0.118. The van der Waals surface area contributed by atoms with Crippen LogP contribution in [0.4, 0.5) is 5.69 Å². The van der Waals surface area contributed by atoms with Crippen LogP contribution in [0.5, 0.6) is 11.5 Å². The Morgan fingerprint density at radius 1 is 1.05 bits per heavy atom. The summed E-state index contributed by atoms with van der Waals surface area (Å²) in [5.41, 5.74) is 2.01. The average molecular weight is 296 g/mol. The molecule has 0 fully saturated rings. The molecule has 1 heterocycles. The van der Waals surface area contributed by atoms with Crippen LogP contribution in [0.3, 0.4) is 0 Å². The highest BCUT2D eigenvalue weighted by Crippen LogP contribution is 2.26. The van der Waals surface area contributed by atoms with Crippen LogP contribution in [-0.2, 0) is 0 Å². The third kappa shape index (κ3) is 2.61. The maximum atomic E-state index is 12.4. The van der Waals surface area contributed by atoms with Crippen molar-refractivity contribution >= 4 is 22.5 Å². The lowest BCUT2D eigenvalue weighted by atomic mass is 10.2. The van der Waals surface area contributed by atoms with Crippen molar-refractivity contribution in [3.05, 3.63) is 54.2 Å². The van der Waals surface area contributed by atoms with E-state index in [9.17, 15) is 4.79 Å². The van der Waals surface area contributed by atoms with Crippen molar-refractivity contribution in [1.29, 1.82) is 0 Å². The lowest BCUT2D eigenvalue weighted by molar-refractivity contribution is 0.102. The first-order valence-electron chi connectivity index (χ1n) is 6.82. The molecular formula is C17H16N2O3. The number of carbonyl (C=O) groups is 1. The number of ether oxygens (including phenoxy) is 2. The van der Waals surface area contributed by atoms with Crippen LogP contribution in [-0.4, -0.2) is 25.1 Å². The Balaban J connectivity index is 1.88. The minimum absolute atomic E-state index is 0.216. The zero-order valence-corrected chi connectivity index (χ0v) is 12.3. The molecule has 22 heavy (non-hydrogen) atoms. The van der Waals surface area contributed by atoms with Crippen LogP contribution in [0.25, 0.3) is 10.9 Å². The molecule has 0 saturated heterocycles. The van der Waals surface area contributed by atoms with Crippen molar-refractivity contribution in [3.8, 4) is 11.5 Å². The minimum atomic E-state index is -0.216. The highest BCUT2D eigenvalue weighted by molar-refractivity contribution is 6.06. The zero-order chi connectivity index (χ0) is 15.5. The van der Waals surface area contributed by atoms with Crippen molar-refractivity contribution < 1.29 is 14.3 Å².